The summed E-state index contributed by atoms with van der Waals surface area (Å²) in [5.74, 6) is 0.558. The number of aromatic nitrogens is 1. The molecular weight excluding hydrogens is 341 g/mol. The molecule has 0 unspecified atom stereocenters. The average molecular weight is 354 g/mol. The van der Waals surface area contributed by atoms with E-state index in [0.29, 0.717) is 16.9 Å². The number of methoxy groups -OCH3 is 1. The molecule has 0 fully saturated rings. The number of alkyl halides is 3. The minimum absolute atomic E-state index is 0.0103. The van der Waals surface area contributed by atoms with Crippen LogP contribution in [0.1, 0.15) is 11.1 Å². The maximum atomic E-state index is 13.5. The second-order valence-corrected chi connectivity index (χ2v) is 5.48. The first-order valence-electron chi connectivity index (χ1n) is 7.66. The Balaban J connectivity index is 2.29. The molecule has 0 spiro atoms. The number of hydrogen-bond donors (Lipinski definition) is 0. The van der Waals surface area contributed by atoms with Crippen molar-refractivity contribution < 1.29 is 17.9 Å². The minimum Gasteiger partial charge on any atom is -0.497 e. The summed E-state index contributed by atoms with van der Waals surface area (Å²) in [6.07, 6.45) is -4.67. The van der Waals surface area contributed by atoms with Gasteiger partial charge in [0.05, 0.1) is 29.6 Å². The minimum atomic E-state index is -4.67. The Morgan fingerprint density at radius 2 is 1.62 bits per heavy atom. The molecule has 3 aromatic rings. The molecule has 0 bridgehead atoms. The van der Waals surface area contributed by atoms with Crippen molar-refractivity contribution in [3.05, 3.63) is 71.8 Å². The summed E-state index contributed by atoms with van der Waals surface area (Å²) in [5.41, 5.74) is -0.406. The Bertz CT molecular complexity index is 959. The molecule has 3 nitrogen and oxygen atoms in total. The lowest BCUT2D eigenvalue weighted by molar-refractivity contribution is -0.137. The number of nitriles is 1. The lowest BCUT2D eigenvalue weighted by atomic mass is 9.98. The van der Waals surface area contributed by atoms with Crippen molar-refractivity contribution in [3.63, 3.8) is 0 Å². The van der Waals surface area contributed by atoms with Gasteiger partial charge in [0, 0.05) is 11.1 Å². The van der Waals surface area contributed by atoms with Crippen LogP contribution in [0.15, 0.2) is 60.7 Å². The van der Waals surface area contributed by atoms with E-state index in [2.05, 4.69) is 4.98 Å². The molecule has 26 heavy (non-hydrogen) atoms. The summed E-state index contributed by atoms with van der Waals surface area (Å²) in [6, 6.07) is 17.5. The lowest BCUT2D eigenvalue weighted by Gasteiger charge is -2.15. The van der Waals surface area contributed by atoms with E-state index in [1.165, 1.54) is 7.11 Å². The van der Waals surface area contributed by atoms with Gasteiger partial charge in [0.1, 0.15) is 11.8 Å². The van der Waals surface area contributed by atoms with E-state index in [1.54, 1.807) is 60.7 Å². The van der Waals surface area contributed by atoms with Gasteiger partial charge in [-0.15, -0.1) is 0 Å². The van der Waals surface area contributed by atoms with Gasteiger partial charge >= 0.3 is 6.18 Å². The van der Waals surface area contributed by atoms with Gasteiger partial charge in [0.25, 0.3) is 0 Å². The Labute approximate surface area is 148 Å². The second-order valence-electron chi connectivity index (χ2n) is 5.48. The van der Waals surface area contributed by atoms with Gasteiger partial charge in [0.2, 0.25) is 0 Å². The smallest absolute Gasteiger partial charge is 0.417 e. The first kappa shape index (κ1) is 17.5. The van der Waals surface area contributed by atoms with Crippen LogP contribution in [0.3, 0.4) is 0 Å². The van der Waals surface area contributed by atoms with E-state index < -0.39 is 17.3 Å². The van der Waals surface area contributed by atoms with Crippen molar-refractivity contribution in [3.8, 4) is 34.3 Å². The van der Waals surface area contributed by atoms with Gasteiger partial charge in [-0.3, -0.25) is 0 Å². The zero-order chi connectivity index (χ0) is 18.7. The highest BCUT2D eigenvalue weighted by Gasteiger charge is 2.36. The Kier molecular flexibility index (Phi) is 4.63. The standard InChI is InChI=1S/C20H13F3N2O/c1-26-15-9-7-14(8-10-15)19-16(12-24)17(20(21,22)23)11-18(25-19)13-5-3-2-4-6-13/h2-11H,1H3. The number of benzene rings is 2. The van der Waals surface area contributed by atoms with Gasteiger partial charge in [-0.25, -0.2) is 4.98 Å². The van der Waals surface area contributed by atoms with Crippen LogP contribution in [0.2, 0.25) is 0 Å². The highest BCUT2D eigenvalue weighted by Crippen LogP contribution is 2.38. The van der Waals surface area contributed by atoms with Gasteiger partial charge < -0.3 is 4.74 Å². The fourth-order valence-corrected chi connectivity index (χ4v) is 2.60. The van der Waals surface area contributed by atoms with Gasteiger partial charge in [-0.1, -0.05) is 30.3 Å². The summed E-state index contributed by atoms with van der Waals surface area (Å²) in [7, 11) is 1.49. The maximum absolute atomic E-state index is 13.5. The van der Waals surface area contributed by atoms with Crippen molar-refractivity contribution >= 4 is 0 Å². The molecule has 0 aliphatic heterocycles. The number of hydrogen-bond acceptors (Lipinski definition) is 3. The Morgan fingerprint density at radius 1 is 0.962 bits per heavy atom. The SMILES string of the molecule is COc1ccc(-c2nc(-c3ccccc3)cc(C(F)(F)F)c2C#N)cc1. The molecule has 0 aliphatic rings. The third-order valence-corrected chi connectivity index (χ3v) is 3.87. The Morgan fingerprint density at radius 3 is 2.15 bits per heavy atom. The molecule has 1 aromatic heterocycles. The first-order valence-corrected chi connectivity index (χ1v) is 7.66. The van der Waals surface area contributed by atoms with E-state index in [-0.39, 0.29) is 11.4 Å². The molecule has 0 N–H and O–H groups in total. The van der Waals surface area contributed by atoms with Crippen molar-refractivity contribution in [1.29, 1.82) is 5.26 Å². The fraction of sp³-hybridized carbons (Fsp3) is 0.100. The van der Waals surface area contributed by atoms with Crippen molar-refractivity contribution in [2.45, 2.75) is 6.18 Å². The van der Waals surface area contributed by atoms with Gasteiger partial charge in [-0.2, -0.15) is 18.4 Å². The molecule has 0 saturated carbocycles. The van der Waals surface area contributed by atoms with Crippen LogP contribution in [0.5, 0.6) is 5.75 Å². The number of ether oxygens (including phenoxy) is 1. The summed E-state index contributed by atoms with van der Waals surface area (Å²) in [5, 5.41) is 9.37. The van der Waals surface area contributed by atoms with Crippen molar-refractivity contribution in [2.24, 2.45) is 0 Å². The van der Waals surface area contributed by atoms with Crippen molar-refractivity contribution in [1.82, 2.24) is 4.98 Å². The average Bonchev–Trinajstić information content (AvgIpc) is 2.67. The van der Waals surface area contributed by atoms with Crippen LogP contribution in [0.4, 0.5) is 13.2 Å². The predicted molar refractivity (Wildman–Crippen MR) is 91.4 cm³/mol. The molecule has 0 radical (unpaired) electrons. The van der Waals surface area contributed by atoms with Crippen LogP contribution in [0, 0.1) is 11.3 Å². The molecule has 0 amide bonds. The zero-order valence-corrected chi connectivity index (χ0v) is 13.7. The van der Waals surface area contributed by atoms with Crippen LogP contribution >= 0.6 is 0 Å². The summed E-state index contributed by atoms with van der Waals surface area (Å²) in [6.45, 7) is 0. The van der Waals surface area contributed by atoms with Gasteiger partial charge in [0.15, 0.2) is 0 Å². The van der Waals surface area contributed by atoms with Crippen LogP contribution in [0.25, 0.3) is 22.5 Å². The first-order chi connectivity index (χ1) is 12.4. The van der Waals surface area contributed by atoms with Crippen LogP contribution in [-0.4, -0.2) is 12.1 Å². The molecule has 3 rings (SSSR count). The van der Waals surface area contributed by atoms with E-state index in [9.17, 15) is 18.4 Å². The summed E-state index contributed by atoms with van der Waals surface area (Å²) < 4.78 is 45.7. The van der Waals surface area contributed by atoms with Crippen LogP contribution < -0.4 is 4.74 Å². The van der Waals surface area contributed by atoms with E-state index >= 15 is 0 Å². The molecule has 1 heterocycles. The topological polar surface area (TPSA) is 45.9 Å². The predicted octanol–water partition coefficient (Wildman–Crippen LogP) is 5.31. The van der Waals surface area contributed by atoms with Crippen molar-refractivity contribution in [2.75, 3.05) is 7.11 Å². The fourth-order valence-electron chi connectivity index (χ4n) is 2.60. The number of halogens is 3. The van der Waals surface area contributed by atoms with E-state index in [1.807, 2.05) is 0 Å². The quantitative estimate of drug-likeness (QED) is 0.640. The normalized spacial score (nSPS) is 11.0. The van der Waals surface area contributed by atoms with E-state index in [0.717, 1.165) is 6.07 Å². The summed E-state index contributed by atoms with van der Waals surface area (Å²) >= 11 is 0. The molecule has 130 valence electrons. The molecule has 6 heteroatoms. The Hall–Kier alpha value is -3.33. The lowest BCUT2D eigenvalue weighted by Crippen LogP contribution is -2.10. The largest absolute Gasteiger partial charge is 0.497 e. The molecule has 0 aliphatic carbocycles. The number of nitrogens with zero attached hydrogens (tertiary/aromatic N) is 2. The maximum Gasteiger partial charge on any atom is 0.417 e. The van der Waals surface area contributed by atoms with E-state index in [4.69, 9.17) is 4.74 Å². The molecular formula is C20H13F3N2O. The van der Waals surface area contributed by atoms with Gasteiger partial charge in [-0.05, 0) is 30.3 Å². The summed E-state index contributed by atoms with van der Waals surface area (Å²) in [4.78, 5) is 4.35. The third-order valence-electron chi connectivity index (χ3n) is 3.87. The number of pyridine rings is 1. The monoisotopic (exact) mass is 354 g/mol. The third kappa shape index (κ3) is 3.38. The highest BCUT2D eigenvalue weighted by molar-refractivity contribution is 5.74. The second kappa shape index (κ2) is 6.89. The highest BCUT2D eigenvalue weighted by atomic mass is 19.4. The molecule has 2 aromatic carbocycles. The molecule has 0 saturated heterocycles. The number of rotatable bonds is 3. The molecule has 0 atom stereocenters. The van der Waals surface area contributed by atoms with Crippen LogP contribution in [-0.2, 0) is 6.18 Å². The zero-order valence-electron chi connectivity index (χ0n) is 13.7.